The molecule has 3 N–H and O–H groups in total. The third-order valence-electron chi connectivity index (χ3n) is 2.36. The van der Waals surface area contributed by atoms with E-state index in [1.54, 1.807) is 0 Å². The number of unbranched alkanes of at least 4 members (excludes halogenated alkanes) is 2. The van der Waals surface area contributed by atoms with Gasteiger partial charge in [0, 0.05) is 12.6 Å². The largest absolute Gasteiger partial charge is 0.394 e. The summed E-state index contributed by atoms with van der Waals surface area (Å²) in [4.78, 5) is 0. The molecule has 0 aliphatic heterocycles. The van der Waals surface area contributed by atoms with E-state index in [0.717, 1.165) is 25.9 Å². The summed E-state index contributed by atoms with van der Waals surface area (Å²) in [7, 11) is 0. The van der Waals surface area contributed by atoms with E-state index in [4.69, 9.17) is 15.6 Å². The van der Waals surface area contributed by atoms with Crippen molar-refractivity contribution in [3.8, 4) is 0 Å². The van der Waals surface area contributed by atoms with Gasteiger partial charge in [-0.25, -0.2) is 0 Å². The van der Waals surface area contributed by atoms with Gasteiger partial charge in [-0.15, -0.1) is 0 Å². The Bertz CT molecular complexity index is 120. The molecule has 0 aromatic carbocycles. The van der Waals surface area contributed by atoms with Gasteiger partial charge in [0.25, 0.3) is 0 Å². The van der Waals surface area contributed by atoms with Crippen molar-refractivity contribution in [3.63, 3.8) is 0 Å². The first-order valence-corrected chi connectivity index (χ1v) is 5.74. The van der Waals surface area contributed by atoms with E-state index in [2.05, 4.69) is 13.8 Å². The van der Waals surface area contributed by atoms with Crippen LogP contribution in [0.2, 0.25) is 0 Å². The molecule has 0 spiro atoms. The molecule has 86 valence electrons. The molecular weight excluding hydrogens is 178 g/mol. The Morgan fingerprint density at radius 2 is 1.93 bits per heavy atom. The molecule has 0 saturated carbocycles. The van der Waals surface area contributed by atoms with Gasteiger partial charge in [0.15, 0.2) is 0 Å². The third kappa shape index (κ3) is 6.35. The summed E-state index contributed by atoms with van der Waals surface area (Å²) in [5.74, 6) is 0. The zero-order valence-corrected chi connectivity index (χ0v) is 9.54. The van der Waals surface area contributed by atoms with Crippen LogP contribution < -0.4 is 5.73 Å². The third-order valence-corrected chi connectivity index (χ3v) is 2.36. The molecule has 0 heterocycles. The fourth-order valence-electron chi connectivity index (χ4n) is 1.42. The number of hydrogen-bond donors (Lipinski definition) is 2. The number of rotatable bonds is 9. The van der Waals surface area contributed by atoms with Crippen molar-refractivity contribution >= 4 is 0 Å². The maximum Gasteiger partial charge on any atom is 0.0956 e. The monoisotopic (exact) mass is 203 g/mol. The Morgan fingerprint density at radius 1 is 1.21 bits per heavy atom. The molecule has 0 aliphatic rings. The molecule has 0 rings (SSSR count). The van der Waals surface area contributed by atoms with Gasteiger partial charge in [-0.1, -0.05) is 33.1 Å². The van der Waals surface area contributed by atoms with Gasteiger partial charge in [0.2, 0.25) is 0 Å². The lowest BCUT2D eigenvalue weighted by atomic mass is 10.1. The standard InChI is InChI=1S/C11H25NO2/c1-3-5-6-8-14-11(9-13)10(12)7-4-2/h10-11,13H,3-9,12H2,1-2H3. The first kappa shape index (κ1) is 13.9. The van der Waals surface area contributed by atoms with Crippen LogP contribution in [0.1, 0.15) is 46.0 Å². The van der Waals surface area contributed by atoms with Crippen LogP contribution >= 0.6 is 0 Å². The summed E-state index contributed by atoms with van der Waals surface area (Å²) in [6.45, 7) is 5.00. The Kier molecular flexibility index (Phi) is 9.35. The average Bonchev–Trinajstić information content (AvgIpc) is 2.18. The second kappa shape index (κ2) is 9.44. The van der Waals surface area contributed by atoms with Crippen molar-refractivity contribution in [1.82, 2.24) is 0 Å². The minimum absolute atomic E-state index is 0.0216. The summed E-state index contributed by atoms with van der Waals surface area (Å²) < 4.78 is 5.53. The van der Waals surface area contributed by atoms with Gasteiger partial charge in [-0.3, -0.25) is 0 Å². The summed E-state index contributed by atoms with van der Waals surface area (Å²) >= 11 is 0. The molecule has 0 radical (unpaired) electrons. The van der Waals surface area contributed by atoms with Crippen LogP contribution in [-0.2, 0) is 4.74 Å². The lowest BCUT2D eigenvalue weighted by Gasteiger charge is -2.21. The van der Waals surface area contributed by atoms with Gasteiger partial charge in [-0.2, -0.15) is 0 Å². The summed E-state index contributed by atoms with van der Waals surface area (Å²) in [5, 5.41) is 9.07. The van der Waals surface area contributed by atoms with Crippen molar-refractivity contribution in [2.45, 2.75) is 58.1 Å². The highest BCUT2D eigenvalue weighted by Crippen LogP contribution is 2.05. The molecule has 2 unspecified atom stereocenters. The molecule has 0 amide bonds. The number of nitrogens with two attached hydrogens (primary N) is 1. The van der Waals surface area contributed by atoms with Gasteiger partial charge in [0.05, 0.1) is 12.7 Å². The molecule has 0 aromatic rings. The van der Waals surface area contributed by atoms with Crippen LogP contribution in [0.15, 0.2) is 0 Å². The molecule has 0 aromatic heterocycles. The number of ether oxygens (including phenoxy) is 1. The quantitative estimate of drug-likeness (QED) is 0.561. The summed E-state index contributed by atoms with van der Waals surface area (Å²) in [5.41, 5.74) is 5.87. The molecule has 3 nitrogen and oxygen atoms in total. The maximum absolute atomic E-state index is 9.07. The van der Waals surface area contributed by atoms with E-state index in [-0.39, 0.29) is 18.8 Å². The molecule has 0 saturated heterocycles. The van der Waals surface area contributed by atoms with Crippen molar-refractivity contribution in [2.24, 2.45) is 5.73 Å². The van der Waals surface area contributed by atoms with E-state index in [0.29, 0.717) is 0 Å². The SMILES string of the molecule is CCCCCOC(CO)C(N)CCC. The molecule has 0 aliphatic carbocycles. The predicted octanol–water partition coefficient (Wildman–Crippen LogP) is 1.68. The fourth-order valence-corrected chi connectivity index (χ4v) is 1.42. The minimum atomic E-state index is -0.174. The zero-order chi connectivity index (χ0) is 10.8. The predicted molar refractivity (Wildman–Crippen MR) is 59.2 cm³/mol. The highest BCUT2D eigenvalue weighted by molar-refractivity contribution is 4.72. The fraction of sp³-hybridized carbons (Fsp3) is 1.00. The normalized spacial score (nSPS) is 15.4. The first-order chi connectivity index (χ1) is 6.76. The van der Waals surface area contributed by atoms with Crippen LogP contribution in [0.25, 0.3) is 0 Å². The molecule has 14 heavy (non-hydrogen) atoms. The van der Waals surface area contributed by atoms with E-state index in [1.165, 1.54) is 12.8 Å². The molecular formula is C11H25NO2. The van der Waals surface area contributed by atoms with Crippen LogP contribution in [-0.4, -0.2) is 30.5 Å². The Labute approximate surface area is 87.6 Å². The van der Waals surface area contributed by atoms with Crippen molar-refractivity contribution in [3.05, 3.63) is 0 Å². The Hall–Kier alpha value is -0.120. The molecule has 2 atom stereocenters. The average molecular weight is 203 g/mol. The van der Waals surface area contributed by atoms with Gasteiger partial charge >= 0.3 is 0 Å². The first-order valence-electron chi connectivity index (χ1n) is 5.74. The summed E-state index contributed by atoms with van der Waals surface area (Å²) in [6, 6.07) is -0.0216. The van der Waals surface area contributed by atoms with Crippen molar-refractivity contribution < 1.29 is 9.84 Å². The van der Waals surface area contributed by atoms with E-state index in [9.17, 15) is 0 Å². The summed E-state index contributed by atoms with van der Waals surface area (Å²) in [6.07, 6.45) is 5.21. The van der Waals surface area contributed by atoms with E-state index in [1.807, 2.05) is 0 Å². The van der Waals surface area contributed by atoms with Crippen LogP contribution in [0.5, 0.6) is 0 Å². The van der Waals surface area contributed by atoms with Crippen LogP contribution in [0, 0.1) is 0 Å². The second-order valence-corrected chi connectivity index (χ2v) is 3.75. The zero-order valence-electron chi connectivity index (χ0n) is 9.54. The number of hydrogen-bond acceptors (Lipinski definition) is 3. The maximum atomic E-state index is 9.07. The number of aliphatic hydroxyl groups excluding tert-OH is 1. The van der Waals surface area contributed by atoms with E-state index < -0.39 is 0 Å². The molecule has 3 heteroatoms. The van der Waals surface area contributed by atoms with Crippen LogP contribution in [0.3, 0.4) is 0 Å². The lowest BCUT2D eigenvalue weighted by Crippen LogP contribution is -2.39. The van der Waals surface area contributed by atoms with E-state index >= 15 is 0 Å². The highest BCUT2D eigenvalue weighted by atomic mass is 16.5. The second-order valence-electron chi connectivity index (χ2n) is 3.75. The molecule has 0 fully saturated rings. The van der Waals surface area contributed by atoms with Gasteiger partial charge in [0.1, 0.15) is 0 Å². The van der Waals surface area contributed by atoms with Gasteiger partial charge < -0.3 is 15.6 Å². The topological polar surface area (TPSA) is 55.5 Å². The van der Waals surface area contributed by atoms with Crippen molar-refractivity contribution in [1.29, 1.82) is 0 Å². The lowest BCUT2D eigenvalue weighted by molar-refractivity contribution is -0.00539. The Morgan fingerprint density at radius 3 is 2.43 bits per heavy atom. The highest BCUT2D eigenvalue weighted by Gasteiger charge is 2.15. The van der Waals surface area contributed by atoms with Gasteiger partial charge in [-0.05, 0) is 12.8 Å². The van der Waals surface area contributed by atoms with Crippen LogP contribution in [0.4, 0.5) is 0 Å². The Balaban J connectivity index is 3.56. The number of aliphatic hydroxyl groups is 1. The molecule has 0 bridgehead atoms. The van der Waals surface area contributed by atoms with Crippen molar-refractivity contribution in [2.75, 3.05) is 13.2 Å². The smallest absolute Gasteiger partial charge is 0.0956 e. The minimum Gasteiger partial charge on any atom is -0.394 e.